The summed E-state index contributed by atoms with van der Waals surface area (Å²) in [5.74, 6) is -0.421. The SMILES string of the molecule is O=C1OCNC1=S. The van der Waals surface area contributed by atoms with Crippen LogP contribution in [0.2, 0.25) is 0 Å². The van der Waals surface area contributed by atoms with E-state index in [1.54, 1.807) is 0 Å². The maximum Gasteiger partial charge on any atom is 0.367 e. The lowest BCUT2D eigenvalue weighted by Crippen LogP contribution is -2.15. The first kappa shape index (κ1) is 4.52. The summed E-state index contributed by atoms with van der Waals surface area (Å²) in [4.78, 5) is 10.3. The molecule has 0 aromatic rings. The van der Waals surface area contributed by atoms with E-state index in [0.717, 1.165) is 0 Å². The van der Waals surface area contributed by atoms with Gasteiger partial charge in [0.25, 0.3) is 0 Å². The van der Waals surface area contributed by atoms with Crippen molar-refractivity contribution in [2.24, 2.45) is 0 Å². The predicted molar refractivity (Wildman–Crippen MR) is 26.7 cm³/mol. The van der Waals surface area contributed by atoms with Crippen molar-refractivity contribution in [1.29, 1.82) is 0 Å². The molecular weight excluding hydrogens is 114 g/mol. The highest BCUT2D eigenvalue weighted by Crippen LogP contribution is 1.86. The van der Waals surface area contributed by atoms with E-state index in [0.29, 0.717) is 0 Å². The van der Waals surface area contributed by atoms with Gasteiger partial charge >= 0.3 is 5.97 Å². The number of nitrogens with one attached hydrogen (secondary N) is 1. The normalized spacial score (nSPS) is 18.9. The van der Waals surface area contributed by atoms with Crippen molar-refractivity contribution in [3.63, 3.8) is 0 Å². The third-order valence-electron chi connectivity index (χ3n) is 0.621. The summed E-state index contributed by atoms with van der Waals surface area (Å²) in [5, 5.41) is 2.53. The summed E-state index contributed by atoms with van der Waals surface area (Å²) in [6.45, 7) is 0.234. The van der Waals surface area contributed by atoms with Gasteiger partial charge in [0, 0.05) is 0 Å². The minimum absolute atomic E-state index is 0.181. The van der Waals surface area contributed by atoms with Crippen molar-refractivity contribution in [2.45, 2.75) is 0 Å². The molecule has 1 N–H and O–H groups in total. The average Bonchev–Trinajstić information content (AvgIpc) is 1.91. The predicted octanol–water partition coefficient (Wildman–Crippen LogP) is -0.582. The zero-order valence-corrected chi connectivity index (χ0v) is 4.25. The third-order valence-corrected chi connectivity index (χ3v) is 0.932. The van der Waals surface area contributed by atoms with Gasteiger partial charge in [-0.25, -0.2) is 4.79 Å². The van der Waals surface area contributed by atoms with Crippen molar-refractivity contribution in [3.8, 4) is 0 Å². The molecule has 1 rings (SSSR count). The molecule has 0 aromatic carbocycles. The first-order valence-corrected chi connectivity index (χ1v) is 2.16. The van der Waals surface area contributed by atoms with Gasteiger partial charge in [-0.2, -0.15) is 0 Å². The Morgan fingerprint density at radius 2 is 2.57 bits per heavy atom. The molecule has 1 heterocycles. The molecule has 0 aromatic heterocycles. The summed E-state index contributed by atoms with van der Waals surface area (Å²) in [7, 11) is 0. The quantitative estimate of drug-likeness (QED) is 0.340. The van der Waals surface area contributed by atoms with Crippen LogP contribution in [0.3, 0.4) is 0 Å². The lowest BCUT2D eigenvalue weighted by Gasteiger charge is -1.78. The van der Waals surface area contributed by atoms with E-state index >= 15 is 0 Å². The fourth-order valence-corrected chi connectivity index (χ4v) is 0.423. The Morgan fingerprint density at radius 1 is 1.86 bits per heavy atom. The number of carbonyl (C=O) groups excluding carboxylic acids is 1. The second-order valence-corrected chi connectivity index (χ2v) is 1.49. The molecule has 4 heteroatoms. The monoisotopic (exact) mass is 117 g/mol. The number of hydrogen-bond acceptors (Lipinski definition) is 3. The Hall–Kier alpha value is -0.640. The average molecular weight is 117 g/mol. The van der Waals surface area contributed by atoms with Crippen LogP contribution in [-0.2, 0) is 9.53 Å². The standard InChI is InChI=1S/C3H3NO2S/c5-3-2(7)4-1-6-3/h1H2,(H,4,7). The summed E-state index contributed by atoms with van der Waals surface area (Å²) in [6.07, 6.45) is 0. The first-order valence-electron chi connectivity index (χ1n) is 1.75. The molecule has 0 spiro atoms. The second-order valence-electron chi connectivity index (χ2n) is 1.08. The topological polar surface area (TPSA) is 38.3 Å². The number of ether oxygens (including phenoxy) is 1. The Kier molecular flexibility index (Phi) is 0.941. The molecule has 0 radical (unpaired) electrons. The van der Waals surface area contributed by atoms with Crippen LogP contribution in [0.5, 0.6) is 0 Å². The molecule has 1 saturated heterocycles. The van der Waals surface area contributed by atoms with E-state index in [-0.39, 0.29) is 11.7 Å². The fraction of sp³-hybridized carbons (Fsp3) is 0.333. The van der Waals surface area contributed by atoms with Crippen LogP contribution in [0.15, 0.2) is 0 Å². The van der Waals surface area contributed by atoms with Crippen molar-refractivity contribution in [3.05, 3.63) is 0 Å². The van der Waals surface area contributed by atoms with Gasteiger partial charge < -0.3 is 10.1 Å². The number of rotatable bonds is 0. The largest absolute Gasteiger partial charge is 0.439 e. The number of thiocarbonyl (C=S) groups is 1. The second kappa shape index (κ2) is 1.46. The van der Waals surface area contributed by atoms with Gasteiger partial charge in [0.15, 0.2) is 11.7 Å². The van der Waals surface area contributed by atoms with E-state index < -0.39 is 5.97 Å². The third kappa shape index (κ3) is 0.691. The highest BCUT2D eigenvalue weighted by molar-refractivity contribution is 7.82. The molecule has 1 fully saturated rings. The van der Waals surface area contributed by atoms with Crippen LogP contribution < -0.4 is 5.32 Å². The zero-order valence-electron chi connectivity index (χ0n) is 3.43. The van der Waals surface area contributed by atoms with Crippen LogP contribution in [0.25, 0.3) is 0 Å². The molecule has 0 atom stereocenters. The molecule has 1 aliphatic rings. The van der Waals surface area contributed by atoms with Crippen LogP contribution in [-0.4, -0.2) is 17.7 Å². The van der Waals surface area contributed by atoms with Crippen molar-refractivity contribution in [2.75, 3.05) is 6.73 Å². The van der Waals surface area contributed by atoms with Gasteiger partial charge in [0.05, 0.1) is 0 Å². The minimum Gasteiger partial charge on any atom is -0.439 e. The van der Waals surface area contributed by atoms with E-state index in [1.807, 2.05) is 0 Å². The smallest absolute Gasteiger partial charge is 0.367 e. The van der Waals surface area contributed by atoms with Crippen LogP contribution in [0, 0.1) is 0 Å². The molecule has 0 unspecified atom stereocenters. The molecule has 0 saturated carbocycles. The molecule has 38 valence electrons. The highest BCUT2D eigenvalue weighted by atomic mass is 32.1. The Morgan fingerprint density at radius 3 is 2.71 bits per heavy atom. The lowest BCUT2D eigenvalue weighted by molar-refractivity contribution is -0.132. The van der Waals surface area contributed by atoms with Gasteiger partial charge in [-0.3, -0.25) is 0 Å². The van der Waals surface area contributed by atoms with E-state index in [4.69, 9.17) is 0 Å². The number of esters is 1. The Balaban J connectivity index is 2.65. The number of carbonyl (C=O) groups is 1. The minimum atomic E-state index is -0.421. The maximum absolute atomic E-state index is 10.1. The van der Waals surface area contributed by atoms with Gasteiger partial charge in [0.2, 0.25) is 0 Å². The highest BCUT2D eigenvalue weighted by Gasteiger charge is 2.15. The molecule has 0 aliphatic carbocycles. The van der Waals surface area contributed by atoms with Crippen LogP contribution in [0.4, 0.5) is 0 Å². The molecule has 3 nitrogen and oxygen atoms in total. The van der Waals surface area contributed by atoms with Crippen LogP contribution >= 0.6 is 12.2 Å². The van der Waals surface area contributed by atoms with E-state index in [9.17, 15) is 4.79 Å². The summed E-state index contributed by atoms with van der Waals surface area (Å²) in [6, 6.07) is 0. The van der Waals surface area contributed by atoms with Gasteiger partial charge in [-0.1, -0.05) is 12.2 Å². The number of hydrogen-bond donors (Lipinski definition) is 1. The Bertz CT molecular complexity index is 108. The number of cyclic esters (lactones) is 1. The maximum atomic E-state index is 10.1. The van der Waals surface area contributed by atoms with Crippen molar-refractivity contribution < 1.29 is 9.53 Å². The van der Waals surface area contributed by atoms with Gasteiger partial charge in [0.1, 0.15) is 0 Å². The first-order chi connectivity index (χ1) is 3.30. The van der Waals surface area contributed by atoms with E-state index in [2.05, 4.69) is 22.3 Å². The van der Waals surface area contributed by atoms with Gasteiger partial charge in [-0.05, 0) is 0 Å². The lowest BCUT2D eigenvalue weighted by atomic mass is 10.7. The summed E-state index contributed by atoms with van der Waals surface area (Å²) >= 11 is 4.46. The molecule has 7 heavy (non-hydrogen) atoms. The fourth-order valence-electron chi connectivity index (χ4n) is 0.305. The molecule has 1 aliphatic heterocycles. The van der Waals surface area contributed by atoms with E-state index in [1.165, 1.54) is 0 Å². The van der Waals surface area contributed by atoms with Crippen LogP contribution in [0.1, 0.15) is 0 Å². The Labute approximate surface area is 45.6 Å². The molecule has 0 amide bonds. The molecule has 0 bridgehead atoms. The van der Waals surface area contributed by atoms with Crippen molar-refractivity contribution >= 4 is 23.2 Å². The summed E-state index contributed by atoms with van der Waals surface area (Å²) in [5.41, 5.74) is 0. The molecular formula is C3H3NO2S. The van der Waals surface area contributed by atoms with Gasteiger partial charge in [-0.15, -0.1) is 0 Å². The summed E-state index contributed by atoms with van der Waals surface area (Å²) < 4.78 is 4.37. The van der Waals surface area contributed by atoms with Crippen molar-refractivity contribution in [1.82, 2.24) is 5.32 Å². The zero-order chi connectivity index (χ0) is 5.28.